The highest BCUT2D eigenvalue weighted by molar-refractivity contribution is 5.74. The summed E-state index contributed by atoms with van der Waals surface area (Å²) in [6.45, 7) is 3.49. The largest absolute Gasteiger partial charge is 0.325 e. The average molecular weight is 401 g/mol. The van der Waals surface area contributed by atoms with E-state index < -0.39 is 0 Å². The highest BCUT2D eigenvalue weighted by Crippen LogP contribution is 2.24. The van der Waals surface area contributed by atoms with E-state index in [0.717, 1.165) is 51.9 Å². The quantitative estimate of drug-likeness (QED) is 0.621. The Balaban J connectivity index is 1.20. The van der Waals surface area contributed by atoms with E-state index in [1.807, 2.05) is 12.1 Å². The lowest BCUT2D eigenvalue weighted by molar-refractivity contribution is 0.124. The summed E-state index contributed by atoms with van der Waals surface area (Å²) in [5.74, 6) is 1.14. The molecule has 2 saturated heterocycles. The van der Waals surface area contributed by atoms with Gasteiger partial charge in [0.1, 0.15) is 0 Å². The third kappa shape index (κ3) is 5.63. The van der Waals surface area contributed by atoms with E-state index in [2.05, 4.69) is 82.6 Å². The van der Waals surface area contributed by atoms with Crippen molar-refractivity contribution in [2.45, 2.75) is 25.7 Å². The first-order valence-electron chi connectivity index (χ1n) is 11.3. The van der Waals surface area contributed by atoms with Gasteiger partial charge in [-0.3, -0.25) is 0 Å². The Hall–Kier alpha value is -2.81. The molecule has 0 saturated carbocycles. The Morgan fingerprint density at radius 2 is 1.00 bits per heavy atom. The third-order valence-electron chi connectivity index (χ3n) is 6.34. The number of rotatable bonds is 4. The number of hydrogen-bond acceptors (Lipinski definition) is 1. The third-order valence-corrected chi connectivity index (χ3v) is 6.34. The Kier molecular flexibility index (Phi) is 7.02. The standard InChI is InChI=1S/C27H32N2O/c30-27(28-19-15-25(16-20-28)13-11-23-7-3-1-4-8-23)29-21-17-26(18-22-29)14-12-24-9-5-2-6-10-24/h1-14,25-26H,15-22H2. The van der Waals surface area contributed by atoms with E-state index in [9.17, 15) is 4.79 Å². The molecule has 0 bridgehead atoms. The molecule has 4 rings (SSSR count). The van der Waals surface area contributed by atoms with Crippen LogP contribution in [0.25, 0.3) is 12.2 Å². The summed E-state index contributed by atoms with van der Waals surface area (Å²) in [6.07, 6.45) is 13.3. The Labute approximate surface area is 180 Å². The van der Waals surface area contributed by atoms with Gasteiger partial charge < -0.3 is 9.80 Å². The van der Waals surface area contributed by atoms with Gasteiger partial charge in [-0.05, 0) is 48.6 Å². The molecule has 0 aliphatic carbocycles. The summed E-state index contributed by atoms with van der Waals surface area (Å²) in [5, 5.41) is 0. The van der Waals surface area contributed by atoms with Gasteiger partial charge in [0.25, 0.3) is 0 Å². The molecule has 0 aromatic heterocycles. The van der Waals surface area contributed by atoms with E-state index in [1.165, 1.54) is 11.1 Å². The minimum atomic E-state index is 0.242. The lowest BCUT2D eigenvalue weighted by Crippen LogP contribution is -2.49. The van der Waals surface area contributed by atoms with E-state index >= 15 is 0 Å². The minimum absolute atomic E-state index is 0.242. The maximum atomic E-state index is 12.9. The molecule has 2 aromatic carbocycles. The van der Waals surface area contributed by atoms with E-state index in [4.69, 9.17) is 0 Å². The zero-order valence-corrected chi connectivity index (χ0v) is 17.7. The molecule has 3 nitrogen and oxygen atoms in total. The number of piperidine rings is 2. The predicted molar refractivity (Wildman–Crippen MR) is 125 cm³/mol. The van der Waals surface area contributed by atoms with Crippen molar-refractivity contribution in [1.82, 2.24) is 9.80 Å². The van der Waals surface area contributed by atoms with Crippen LogP contribution in [-0.4, -0.2) is 42.0 Å². The number of allylic oxidation sites excluding steroid dienone is 2. The molecule has 2 aromatic rings. The number of carbonyl (C=O) groups is 1. The molecular weight excluding hydrogens is 368 g/mol. The average Bonchev–Trinajstić information content (AvgIpc) is 2.83. The van der Waals surface area contributed by atoms with Crippen molar-refractivity contribution in [2.75, 3.05) is 26.2 Å². The Morgan fingerprint density at radius 1 is 0.633 bits per heavy atom. The number of likely N-dealkylation sites (tertiary alicyclic amines) is 2. The molecular formula is C27H32N2O. The highest BCUT2D eigenvalue weighted by atomic mass is 16.2. The van der Waals surface area contributed by atoms with Gasteiger partial charge in [0.05, 0.1) is 0 Å². The number of nitrogens with zero attached hydrogens (tertiary/aromatic N) is 2. The fourth-order valence-electron chi connectivity index (χ4n) is 4.39. The zero-order valence-electron chi connectivity index (χ0n) is 17.7. The number of carbonyl (C=O) groups excluding carboxylic acids is 1. The molecule has 0 atom stereocenters. The van der Waals surface area contributed by atoms with Gasteiger partial charge in [0.2, 0.25) is 0 Å². The Bertz CT molecular complexity index is 771. The second-order valence-corrected chi connectivity index (χ2v) is 8.47. The van der Waals surface area contributed by atoms with E-state index in [-0.39, 0.29) is 6.03 Å². The van der Waals surface area contributed by atoms with E-state index in [0.29, 0.717) is 11.8 Å². The van der Waals surface area contributed by atoms with E-state index in [1.54, 1.807) is 0 Å². The summed E-state index contributed by atoms with van der Waals surface area (Å²) >= 11 is 0. The van der Waals surface area contributed by atoms with Crippen LogP contribution in [0, 0.1) is 11.8 Å². The van der Waals surface area contributed by atoms with Crippen LogP contribution in [0.4, 0.5) is 4.79 Å². The van der Waals surface area contributed by atoms with Crippen LogP contribution in [0.15, 0.2) is 72.8 Å². The Morgan fingerprint density at radius 3 is 1.37 bits per heavy atom. The van der Waals surface area contributed by atoms with Crippen molar-refractivity contribution in [3.05, 3.63) is 83.9 Å². The normalized spacial score (nSPS) is 19.1. The lowest BCUT2D eigenvalue weighted by Gasteiger charge is -2.38. The summed E-state index contributed by atoms with van der Waals surface area (Å²) in [6, 6.07) is 21.1. The van der Waals surface area contributed by atoms with Crippen molar-refractivity contribution < 1.29 is 4.79 Å². The summed E-state index contributed by atoms with van der Waals surface area (Å²) in [7, 11) is 0. The van der Waals surface area contributed by atoms with Crippen LogP contribution in [0.1, 0.15) is 36.8 Å². The molecule has 2 fully saturated rings. The smallest absolute Gasteiger partial charge is 0.319 e. The van der Waals surface area contributed by atoms with Crippen LogP contribution >= 0.6 is 0 Å². The molecule has 3 heteroatoms. The maximum absolute atomic E-state index is 12.9. The zero-order chi connectivity index (χ0) is 20.6. The maximum Gasteiger partial charge on any atom is 0.319 e. The van der Waals surface area contributed by atoms with Crippen LogP contribution < -0.4 is 0 Å². The first-order valence-corrected chi connectivity index (χ1v) is 11.3. The van der Waals surface area contributed by atoms with Gasteiger partial charge in [-0.25, -0.2) is 4.79 Å². The molecule has 2 aliphatic rings. The second kappa shape index (κ2) is 10.3. The van der Waals surface area contributed by atoms with Crippen molar-refractivity contribution >= 4 is 18.2 Å². The molecule has 2 heterocycles. The number of urea groups is 1. The molecule has 0 radical (unpaired) electrons. The predicted octanol–water partition coefficient (Wildman–Crippen LogP) is 5.96. The lowest BCUT2D eigenvalue weighted by atomic mass is 9.94. The molecule has 2 amide bonds. The molecule has 30 heavy (non-hydrogen) atoms. The highest BCUT2D eigenvalue weighted by Gasteiger charge is 2.28. The van der Waals surface area contributed by atoms with Gasteiger partial charge in [0.15, 0.2) is 0 Å². The van der Waals surface area contributed by atoms with Crippen molar-refractivity contribution in [1.29, 1.82) is 0 Å². The molecule has 2 aliphatic heterocycles. The van der Waals surface area contributed by atoms with Crippen molar-refractivity contribution in [3.8, 4) is 0 Å². The minimum Gasteiger partial charge on any atom is -0.325 e. The fourth-order valence-corrected chi connectivity index (χ4v) is 4.39. The van der Waals surface area contributed by atoms with Crippen LogP contribution in [0.2, 0.25) is 0 Å². The number of benzene rings is 2. The first-order chi connectivity index (χ1) is 14.8. The molecule has 156 valence electrons. The second-order valence-electron chi connectivity index (χ2n) is 8.47. The molecule has 0 spiro atoms. The van der Waals surface area contributed by atoms with Crippen molar-refractivity contribution in [3.63, 3.8) is 0 Å². The van der Waals surface area contributed by atoms with Gasteiger partial charge in [-0.2, -0.15) is 0 Å². The van der Waals surface area contributed by atoms with Crippen LogP contribution in [0.3, 0.4) is 0 Å². The SMILES string of the molecule is O=C(N1CCC(C=Cc2ccccc2)CC1)N1CCC(C=Cc2ccccc2)CC1. The first kappa shape index (κ1) is 20.5. The molecule has 0 unspecified atom stereocenters. The summed E-state index contributed by atoms with van der Waals surface area (Å²) in [4.78, 5) is 17.1. The topological polar surface area (TPSA) is 23.6 Å². The van der Waals surface area contributed by atoms with Crippen LogP contribution in [-0.2, 0) is 0 Å². The monoisotopic (exact) mass is 400 g/mol. The van der Waals surface area contributed by atoms with Crippen LogP contribution in [0.5, 0.6) is 0 Å². The molecule has 0 N–H and O–H groups in total. The number of amides is 2. The van der Waals surface area contributed by atoms with Gasteiger partial charge in [-0.15, -0.1) is 0 Å². The van der Waals surface area contributed by atoms with Crippen molar-refractivity contribution in [2.24, 2.45) is 11.8 Å². The summed E-state index contributed by atoms with van der Waals surface area (Å²) in [5.41, 5.74) is 2.50. The van der Waals surface area contributed by atoms with Gasteiger partial charge >= 0.3 is 6.03 Å². The van der Waals surface area contributed by atoms with Gasteiger partial charge in [0, 0.05) is 26.2 Å². The number of hydrogen-bond donors (Lipinski definition) is 0. The van der Waals surface area contributed by atoms with Gasteiger partial charge in [-0.1, -0.05) is 85.0 Å². The fraction of sp³-hybridized carbons (Fsp3) is 0.370. The summed E-state index contributed by atoms with van der Waals surface area (Å²) < 4.78 is 0.